The minimum Gasteiger partial charge on any atom is -0.395 e. The molecule has 11 N–H and O–H groups in total. The SMILES string of the molecule is CC(=Nc1nc(Nc2cccc(Nc3nc(NCCS(=O)(=O)ON)nc(N(CCO)CCO)n3)c2)nc(N(CCO)CCO)n1)S(=O)OON. The molecule has 0 radical (unpaired) electrons. The van der Waals surface area contributed by atoms with E-state index in [2.05, 4.69) is 64.5 Å². The summed E-state index contributed by atoms with van der Waals surface area (Å²) < 4.78 is 43.7. The van der Waals surface area contributed by atoms with Crippen LogP contribution in [0.5, 0.6) is 0 Å². The lowest BCUT2D eigenvalue weighted by molar-refractivity contribution is -0.199. The van der Waals surface area contributed by atoms with Crippen LogP contribution in [-0.2, 0) is 34.8 Å². The van der Waals surface area contributed by atoms with E-state index in [-0.39, 0.29) is 99.9 Å². The van der Waals surface area contributed by atoms with Crippen molar-refractivity contribution < 1.29 is 46.7 Å². The van der Waals surface area contributed by atoms with Crippen LogP contribution in [-0.4, -0.2) is 133 Å². The Morgan fingerprint density at radius 2 is 1.36 bits per heavy atom. The van der Waals surface area contributed by atoms with Crippen LogP contribution in [0.15, 0.2) is 29.3 Å². The summed E-state index contributed by atoms with van der Waals surface area (Å²) in [5.41, 5.74) is 0.896. The van der Waals surface area contributed by atoms with Crippen LogP contribution in [0.3, 0.4) is 0 Å². The van der Waals surface area contributed by atoms with Gasteiger partial charge in [-0.05, 0) is 25.1 Å². The number of nitrogens with one attached hydrogen (secondary N) is 3. The summed E-state index contributed by atoms with van der Waals surface area (Å²) >= 11 is -2.18. The van der Waals surface area contributed by atoms with Crippen LogP contribution in [0, 0.1) is 0 Å². The Morgan fingerprint density at radius 1 is 0.840 bits per heavy atom. The van der Waals surface area contributed by atoms with Crippen molar-refractivity contribution in [3.8, 4) is 0 Å². The molecule has 0 aliphatic rings. The van der Waals surface area contributed by atoms with Crippen LogP contribution >= 0.6 is 0 Å². The van der Waals surface area contributed by atoms with E-state index >= 15 is 0 Å². The molecular formula is C24H38N14O10S2. The molecule has 24 nitrogen and oxygen atoms in total. The molecule has 0 aliphatic carbocycles. The Kier molecular flexibility index (Phi) is 16.3. The second kappa shape index (κ2) is 20.4. The maximum atomic E-state index is 12.1. The zero-order valence-electron chi connectivity index (χ0n) is 26.6. The fraction of sp³-hybridized carbons (Fsp3) is 0.458. The van der Waals surface area contributed by atoms with Gasteiger partial charge in [0.1, 0.15) is 5.04 Å². The van der Waals surface area contributed by atoms with Gasteiger partial charge >= 0.3 is 0 Å². The van der Waals surface area contributed by atoms with Crippen LogP contribution in [0.1, 0.15) is 6.92 Å². The third-order valence-corrected chi connectivity index (χ3v) is 7.81. The van der Waals surface area contributed by atoms with Crippen molar-refractivity contribution in [3.05, 3.63) is 24.3 Å². The maximum Gasteiger partial charge on any atom is 0.284 e. The summed E-state index contributed by atoms with van der Waals surface area (Å²) in [6, 6.07) is 6.68. The molecule has 50 heavy (non-hydrogen) atoms. The molecule has 0 fully saturated rings. The molecule has 3 rings (SSSR count). The lowest BCUT2D eigenvalue weighted by atomic mass is 10.3. The molecule has 0 spiro atoms. The average molecular weight is 747 g/mol. The molecule has 0 amide bonds. The topological polar surface area (TPSA) is 344 Å². The molecule has 0 bridgehead atoms. The van der Waals surface area contributed by atoms with Crippen LogP contribution < -0.4 is 37.5 Å². The normalized spacial score (nSPS) is 12.4. The van der Waals surface area contributed by atoms with Gasteiger partial charge in [-0.2, -0.15) is 54.4 Å². The third-order valence-electron chi connectivity index (χ3n) is 6.04. The predicted octanol–water partition coefficient (Wildman–Crippen LogP) is -2.71. The highest BCUT2D eigenvalue weighted by atomic mass is 32.2. The molecule has 0 saturated heterocycles. The summed E-state index contributed by atoms with van der Waals surface area (Å²) in [6.45, 7) is 0.387. The molecule has 0 aliphatic heterocycles. The second-order valence-electron chi connectivity index (χ2n) is 9.56. The van der Waals surface area contributed by atoms with Crippen molar-refractivity contribution in [2.75, 3.05) is 90.7 Å². The van der Waals surface area contributed by atoms with Gasteiger partial charge < -0.3 is 46.2 Å². The molecule has 0 saturated carbocycles. The van der Waals surface area contributed by atoms with Crippen molar-refractivity contribution >= 4 is 73.3 Å². The van der Waals surface area contributed by atoms with Crippen molar-refractivity contribution in [2.45, 2.75) is 6.92 Å². The van der Waals surface area contributed by atoms with Gasteiger partial charge in [0.2, 0.25) is 40.8 Å². The van der Waals surface area contributed by atoms with E-state index in [9.17, 15) is 33.1 Å². The number of rotatable bonds is 22. The van der Waals surface area contributed by atoms with Crippen molar-refractivity contribution in [2.24, 2.45) is 16.8 Å². The third kappa shape index (κ3) is 12.8. The smallest absolute Gasteiger partial charge is 0.284 e. The molecule has 276 valence electrons. The standard InChI is InChI=1S/C24H38N14O10S2/c1-16(49(43)48-46-25)28-20-32-22(36-24(34-20)38(8-12-41)9-13-42)30-18-4-2-3-17(15-18)29-21-31-19(27-5-14-50(44,45)47-26)33-23(35-21)37(6-10-39)7-11-40/h2-4,15,39-42H,5-14,25-26H2,1H3,(H,30,32,34,36)(H2,27,29,31,33,35). The quantitative estimate of drug-likeness (QED) is 0.0218. The summed E-state index contributed by atoms with van der Waals surface area (Å²) in [6.07, 6.45) is 0. The molecule has 3 aromatic rings. The molecule has 1 aromatic carbocycles. The Labute approximate surface area is 288 Å². The van der Waals surface area contributed by atoms with Crippen molar-refractivity contribution in [3.63, 3.8) is 0 Å². The van der Waals surface area contributed by atoms with Crippen LogP contribution in [0.2, 0.25) is 0 Å². The summed E-state index contributed by atoms with van der Waals surface area (Å²) in [4.78, 5) is 36.8. The lowest BCUT2D eigenvalue weighted by Crippen LogP contribution is -2.32. The number of nitrogens with zero attached hydrogens (tertiary/aromatic N) is 9. The van der Waals surface area contributed by atoms with Crippen molar-refractivity contribution in [1.82, 2.24) is 29.9 Å². The number of benzene rings is 1. The highest BCUT2D eigenvalue weighted by molar-refractivity contribution is 7.96. The largest absolute Gasteiger partial charge is 0.395 e. The Balaban J connectivity index is 1.96. The first-order chi connectivity index (χ1) is 24.0. The zero-order chi connectivity index (χ0) is 36.5. The van der Waals surface area contributed by atoms with Crippen LogP contribution in [0.4, 0.5) is 47.1 Å². The average Bonchev–Trinajstić information content (AvgIpc) is 3.08. The number of hydrogen-bond acceptors (Lipinski definition) is 24. The molecule has 2 heterocycles. The number of hydrogen-bond donors (Lipinski definition) is 9. The highest BCUT2D eigenvalue weighted by Gasteiger charge is 2.17. The van der Waals surface area contributed by atoms with Gasteiger partial charge in [0, 0.05) is 44.1 Å². The number of anilines is 7. The van der Waals surface area contributed by atoms with E-state index in [1.807, 2.05) is 0 Å². The first kappa shape index (κ1) is 40.1. The van der Waals surface area contributed by atoms with Gasteiger partial charge in [0.25, 0.3) is 16.1 Å². The van der Waals surface area contributed by atoms with E-state index in [1.165, 1.54) is 16.7 Å². The fourth-order valence-electron chi connectivity index (χ4n) is 3.88. The minimum atomic E-state index is -3.98. The van der Waals surface area contributed by atoms with E-state index in [0.29, 0.717) is 11.4 Å². The summed E-state index contributed by atoms with van der Waals surface area (Å²) in [5, 5.41) is 46.8. The van der Waals surface area contributed by atoms with Crippen LogP contribution in [0.25, 0.3) is 0 Å². The van der Waals surface area contributed by atoms with Crippen molar-refractivity contribution in [1.29, 1.82) is 0 Å². The van der Waals surface area contributed by atoms with E-state index < -0.39 is 27.0 Å². The van der Waals surface area contributed by atoms with Gasteiger partial charge in [-0.1, -0.05) is 6.07 Å². The molecule has 26 heteroatoms. The number of aliphatic hydroxyl groups excluding tert-OH is 4. The van der Waals surface area contributed by atoms with Gasteiger partial charge in [-0.3, -0.25) is 0 Å². The number of aliphatic imine (C=N–C) groups is 1. The predicted molar refractivity (Wildman–Crippen MR) is 180 cm³/mol. The molecule has 1 unspecified atom stereocenters. The van der Waals surface area contributed by atoms with E-state index in [4.69, 9.17) is 11.8 Å². The fourth-order valence-corrected chi connectivity index (χ4v) is 4.65. The van der Waals surface area contributed by atoms with Gasteiger partial charge in [-0.25, -0.2) is 9.20 Å². The number of aromatic nitrogens is 6. The highest BCUT2D eigenvalue weighted by Crippen LogP contribution is 2.24. The lowest BCUT2D eigenvalue weighted by Gasteiger charge is -2.21. The second-order valence-corrected chi connectivity index (χ2v) is 12.5. The summed E-state index contributed by atoms with van der Waals surface area (Å²) in [7, 11) is -3.98. The molecule has 1 atom stereocenters. The monoisotopic (exact) mass is 746 g/mol. The molecular weight excluding hydrogens is 708 g/mol. The maximum absolute atomic E-state index is 12.1. The minimum absolute atomic E-state index is 0.0170. The zero-order valence-corrected chi connectivity index (χ0v) is 28.2. The van der Waals surface area contributed by atoms with E-state index in [1.54, 1.807) is 24.3 Å². The Bertz CT molecular complexity index is 1680. The van der Waals surface area contributed by atoms with Gasteiger partial charge in [0.15, 0.2) is 0 Å². The Morgan fingerprint density at radius 3 is 1.88 bits per heavy atom. The molecule has 2 aromatic heterocycles. The first-order valence-electron chi connectivity index (χ1n) is 14.5. The number of aliphatic hydroxyl groups is 4. The van der Waals surface area contributed by atoms with Gasteiger partial charge in [-0.15, -0.1) is 9.32 Å². The van der Waals surface area contributed by atoms with E-state index in [0.717, 1.165) is 0 Å². The first-order valence-corrected chi connectivity index (χ1v) is 17.1. The summed E-state index contributed by atoms with van der Waals surface area (Å²) in [5.74, 6) is 8.99. The number of nitrogens with two attached hydrogens (primary N) is 2. The Hall–Kier alpha value is -4.35. The van der Waals surface area contributed by atoms with Gasteiger partial charge in [0.05, 0.1) is 32.2 Å².